The molecule has 7 heteroatoms. The van der Waals surface area contributed by atoms with Gasteiger partial charge in [0.2, 0.25) is 0 Å². The standard InChI is InChI=1S/C71H43N7/c72-44-46-26-32-67(77-63-34-28-53(48-16-6-1-7-17-48)40-57(63)58-41-54(29-35-64(58)77)49-18-8-2-9-19-49)61(38-46)70-74-69(52-24-14-5-15-25-52)75-71(76-70)62-39-47(45-73)27-33-68(62)78-65-36-30-55(50-20-10-3-11-21-50)42-59(65)60-43-56(31-37-66(60)78)51-22-12-4-13-23-51/h1-43H. The van der Waals surface area contributed by atoms with Gasteiger partial charge in [0.1, 0.15) is 0 Å². The van der Waals surface area contributed by atoms with Crippen LogP contribution in [0.1, 0.15) is 11.1 Å². The van der Waals surface area contributed by atoms with Crippen LogP contribution in [0.15, 0.2) is 261 Å². The minimum Gasteiger partial charge on any atom is -0.308 e. The molecule has 0 saturated heterocycles. The highest BCUT2D eigenvalue weighted by Gasteiger charge is 2.24. The Morgan fingerprint density at radius 2 is 0.538 bits per heavy atom. The smallest absolute Gasteiger partial charge is 0.166 e. The molecule has 0 aliphatic rings. The van der Waals surface area contributed by atoms with Gasteiger partial charge in [-0.05, 0) is 129 Å². The van der Waals surface area contributed by atoms with Crippen molar-refractivity contribution in [3.8, 4) is 102 Å². The van der Waals surface area contributed by atoms with E-state index in [0.29, 0.717) is 39.7 Å². The maximum absolute atomic E-state index is 10.6. The second-order valence-corrected chi connectivity index (χ2v) is 19.4. The molecule has 0 spiro atoms. The minimum atomic E-state index is 0.373. The van der Waals surface area contributed by atoms with E-state index in [0.717, 1.165) is 105 Å². The Morgan fingerprint density at radius 1 is 0.256 bits per heavy atom. The average Bonchev–Trinajstić information content (AvgIpc) is 4.16. The summed E-state index contributed by atoms with van der Waals surface area (Å²) < 4.78 is 4.53. The topological polar surface area (TPSA) is 96.1 Å². The molecule has 3 heterocycles. The molecule has 0 amide bonds. The van der Waals surface area contributed by atoms with Crippen molar-refractivity contribution < 1.29 is 0 Å². The molecule has 0 aliphatic carbocycles. The highest BCUT2D eigenvalue weighted by molar-refractivity contribution is 6.13. The van der Waals surface area contributed by atoms with Gasteiger partial charge < -0.3 is 9.13 Å². The Bertz CT molecular complexity index is 4250. The Balaban J connectivity index is 1.02. The summed E-state index contributed by atoms with van der Waals surface area (Å²) in [7, 11) is 0. The third-order valence-electron chi connectivity index (χ3n) is 14.8. The van der Waals surface area contributed by atoms with E-state index in [-0.39, 0.29) is 0 Å². The summed E-state index contributed by atoms with van der Waals surface area (Å²) in [6.45, 7) is 0. The van der Waals surface area contributed by atoms with E-state index in [9.17, 15) is 10.5 Å². The second-order valence-electron chi connectivity index (χ2n) is 19.4. The summed E-state index contributed by atoms with van der Waals surface area (Å²) in [6, 6.07) is 94.6. The highest BCUT2D eigenvalue weighted by atomic mass is 15.1. The van der Waals surface area contributed by atoms with Gasteiger partial charge in [-0.2, -0.15) is 10.5 Å². The Labute approximate surface area is 450 Å². The fraction of sp³-hybridized carbons (Fsp3) is 0. The lowest BCUT2D eigenvalue weighted by atomic mass is 10.0. The van der Waals surface area contributed by atoms with Gasteiger partial charge in [-0.3, -0.25) is 0 Å². The molecular weight excluding hydrogens is 951 g/mol. The van der Waals surface area contributed by atoms with Crippen LogP contribution in [-0.2, 0) is 0 Å². The number of benzene rings is 11. The molecule has 362 valence electrons. The minimum absolute atomic E-state index is 0.373. The molecule has 14 rings (SSSR count). The molecule has 0 unspecified atom stereocenters. The normalized spacial score (nSPS) is 11.3. The quantitative estimate of drug-likeness (QED) is 0.144. The number of rotatable bonds is 9. The monoisotopic (exact) mass is 993 g/mol. The maximum atomic E-state index is 10.6. The van der Waals surface area contributed by atoms with Crippen molar-refractivity contribution in [2.24, 2.45) is 0 Å². The van der Waals surface area contributed by atoms with Crippen LogP contribution in [-0.4, -0.2) is 24.1 Å². The van der Waals surface area contributed by atoms with Crippen LogP contribution >= 0.6 is 0 Å². The lowest BCUT2D eigenvalue weighted by molar-refractivity contribution is 1.06. The van der Waals surface area contributed by atoms with Crippen LogP contribution < -0.4 is 0 Å². The lowest BCUT2D eigenvalue weighted by Crippen LogP contribution is -2.06. The summed E-state index contributed by atoms with van der Waals surface area (Å²) >= 11 is 0. The van der Waals surface area contributed by atoms with Crippen LogP contribution in [0.3, 0.4) is 0 Å². The van der Waals surface area contributed by atoms with Crippen molar-refractivity contribution in [2.75, 3.05) is 0 Å². The molecule has 7 nitrogen and oxygen atoms in total. The van der Waals surface area contributed by atoms with Gasteiger partial charge >= 0.3 is 0 Å². The van der Waals surface area contributed by atoms with Gasteiger partial charge in [0.15, 0.2) is 17.5 Å². The fourth-order valence-corrected chi connectivity index (χ4v) is 11.1. The van der Waals surface area contributed by atoms with Crippen LogP contribution in [0, 0.1) is 22.7 Å². The molecule has 0 saturated carbocycles. The molecular formula is C71H43N7. The van der Waals surface area contributed by atoms with Crippen molar-refractivity contribution in [3.05, 3.63) is 272 Å². The van der Waals surface area contributed by atoms with E-state index in [4.69, 9.17) is 15.0 Å². The van der Waals surface area contributed by atoms with E-state index < -0.39 is 0 Å². The highest BCUT2D eigenvalue weighted by Crippen LogP contribution is 2.43. The number of hydrogen-bond acceptors (Lipinski definition) is 5. The molecule has 0 fully saturated rings. The van der Waals surface area contributed by atoms with Gasteiger partial charge in [0.05, 0.1) is 56.7 Å². The molecule has 0 bridgehead atoms. The molecule has 78 heavy (non-hydrogen) atoms. The summed E-state index contributed by atoms with van der Waals surface area (Å²) in [5.74, 6) is 1.19. The predicted molar refractivity (Wildman–Crippen MR) is 316 cm³/mol. The van der Waals surface area contributed by atoms with Crippen LogP contribution in [0.25, 0.3) is 134 Å². The van der Waals surface area contributed by atoms with Gasteiger partial charge in [0.25, 0.3) is 0 Å². The lowest BCUT2D eigenvalue weighted by Gasteiger charge is -2.17. The number of nitrogens with zero attached hydrogens (tertiary/aromatic N) is 7. The summed E-state index contributed by atoms with van der Waals surface area (Å²) in [5.41, 5.74) is 17.4. The third-order valence-corrected chi connectivity index (χ3v) is 14.8. The van der Waals surface area contributed by atoms with Crippen molar-refractivity contribution >= 4 is 43.6 Å². The Hall–Kier alpha value is -11.0. The molecule has 0 N–H and O–H groups in total. The number of aromatic nitrogens is 5. The van der Waals surface area contributed by atoms with E-state index in [1.165, 1.54) is 0 Å². The van der Waals surface area contributed by atoms with Crippen LogP contribution in [0.5, 0.6) is 0 Å². The first-order valence-corrected chi connectivity index (χ1v) is 25.9. The molecule has 14 aromatic rings. The van der Waals surface area contributed by atoms with Gasteiger partial charge in [-0.1, -0.05) is 176 Å². The maximum Gasteiger partial charge on any atom is 0.166 e. The first kappa shape index (κ1) is 45.6. The SMILES string of the molecule is N#Cc1ccc(-n2c3ccc(-c4ccccc4)cc3c3cc(-c4ccccc4)ccc32)c(-c2nc(-c3ccccc3)nc(-c3cc(C#N)ccc3-n3c4ccc(-c5ccccc5)cc4c4cc(-c5ccccc5)ccc43)n2)c1. The molecule has 3 aromatic heterocycles. The zero-order valence-electron chi connectivity index (χ0n) is 42.0. The Kier molecular flexibility index (Phi) is 11.1. The largest absolute Gasteiger partial charge is 0.308 e. The fourth-order valence-electron chi connectivity index (χ4n) is 11.1. The van der Waals surface area contributed by atoms with Gasteiger partial charge in [0, 0.05) is 38.2 Å². The van der Waals surface area contributed by atoms with E-state index in [1.54, 1.807) is 0 Å². The first-order valence-electron chi connectivity index (χ1n) is 25.9. The number of nitriles is 2. The van der Waals surface area contributed by atoms with Crippen molar-refractivity contribution in [2.45, 2.75) is 0 Å². The average molecular weight is 994 g/mol. The summed E-state index contributed by atoms with van der Waals surface area (Å²) in [4.78, 5) is 16.1. The molecule has 0 aliphatic heterocycles. The molecule has 0 atom stereocenters. The van der Waals surface area contributed by atoms with E-state index >= 15 is 0 Å². The zero-order valence-corrected chi connectivity index (χ0v) is 42.0. The van der Waals surface area contributed by atoms with E-state index in [2.05, 4.69) is 191 Å². The number of fused-ring (bicyclic) bond motifs is 6. The first-order chi connectivity index (χ1) is 38.6. The van der Waals surface area contributed by atoms with Crippen molar-refractivity contribution in [1.82, 2.24) is 24.1 Å². The van der Waals surface area contributed by atoms with Gasteiger partial charge in [-0.15, -0.1) is 0 Å². The molecule has 0 radical (unpaired) electrons. The second kappa shape index (κ2) is 19.1. The van der Waals surface area contributed by atoms with Crippen LogP contribution in [0.4, 0.5) is 0 Å². The van der Waals surface area contributed by atoms with E-state index in [1.807, 2.05) is 91.0 Å². The summed E-state index contributed by atoms with van der Waals surface area (Å²) in [6.07, 6.45) is 0. The third kappa shape index (κ3) is 7.95. The van der Waals surface area contributed by atoms with Crippen LogP contribution in [0.2, 0.25) is 0 Å². The Morgan fingerprint density at radius 3 is 0.833 bits per heavy atom. The predicted octanol–water partition coefficient (Wildman–Crippen LogP) is 17.5. The zero-order chi connectivity index (χ0) is 52.1. The molecule has 11 aromatic carbocycles. The number of hydrogen-bond donors (Lipinski definition) is 0. The van der Waals surface area contributed by atoms with Gasteiger partial charge in [-0.25, -0.2) is 15.0 Å². The van der Waals surface area contributed by atoms with Crippen molar-refractivity contribution in [1.29, 1.82) is 10.5 Å². The summed E-state index contributed by atoms with van der Waals surface area (Å²) in [5, 5.41) is 25.5. The van der Waals surface area contributed by atoms with Crippen molar-refractivity contribution in [3.63, 3.8) is 0 Å².